The summed E-state index contributed by atoms with van der Waals surface area (Å²) in [5.41, 5.74) is 2.43. The van der Waals surface area contributed by atoms with Gasteiger partial charge in [0.15, 0.2) is 5.65 Å². The molecular formula is C31H30ClFN6O2. The standard InChI is InChI=1S/C31H30ClFN6O2/c1-5-25(40)38-19-10-11-20(38)16-37(15-19)29-22-14-23(32)27(21-8-6-7-9-24(21)33)35-30(22)39(31(41)36-29)28-18(4)12-13-34-26(28)17(2)3/h5-9,12-14,17,19-20H,1,10-11,15-16H2,2-4H3. The van der Waals surface area contributed by atoms with E-state index in [1.807, 2.05) is 36.6 Å². The summed E-state index contributed by atoms with van der Waals surface area (Å²) in [5, 5.41) is 0.807. The van der Waals surface area contributed by atoms with Gasteiger partial charge in [0, 0.05) is 36.9 Å². The van der Waals surface area contributed by atoms with Gasteiger partial charge in [-0.15, -0.1) is 0 Å². The van der Waals surface area contributed by atoms with Gasteiger partial charge in [-0.05, 0) is 61.6 Å². The molecule has 2 unspecified atom stereocenters. The van der Waals surface area contributed by atoms with Crippen molar-refractivity contribution in [2.75, 3.05) is 18.0 Å². The third kappa shape index (κ3) is 4.48. The van der Waals surface area contributed by atoms with Crippen molar-refractivity contribution in [1.82, 2.24) is 24.4 Å². The van der Waals surface area contributed by atoms with Crippen LogP contribution in [0.15, 0.2) is 60.0 Å². The van der Waals surface area contributed by atoms with Crippen LogP contribution in [-0.2, 0) is 4.79 Å². The summed E-state index contributed by atoms with van der Waals surface area (Å²) < 4.78 is 16.4. The number of hydrogen-bond acceptors (Lipinski definition) is 6. The monoisotopic (exact) mass is 572 g/mol. The van der Waals surface area contributed by atoms with Crippen molar-refractivity contribution in [2.45, 2.75) is 51.6 Å². The fourth-order valence-electron chi connectivity index (χ4n) is 6.22. The molecule has 1 aromatic carbocycles. The number of benzene rings is 1. The Labute approximate surface area is 242 Å². The van der Waals surface area contributed by atoms with Crippen LogP contribution in [-0.4, -0.2) is 55.5 Å². The molecule has 2 aliphatic rings. The molecule has 0 N–H and O–H groups in total. The van der Waals surface area contributed by atoms with Gasteiger partial charge in [0.05, 0.1) is 27.5 Å². The number of pyridine rings is 2. The number of carbonyl (C=O) groups excluding carboxylic acids is 1. The van der Waals surface area contributed by atoms with E-state index in [1.165, 1.54) is 16.7 Å². The first kappa shape index (κ1) is 27.1. The van der Waals surface area contributed by atoms with Gasteiger partial charge in [-0.2, -0.15) is 4.98 Å². The summed E-state index contributed by atoms with van der Waals surface area (Å²) in [6.45, 7) is 10.6. The predicted octanol–water partition coefficient (Wildman–Crippen LogP) is 5.43. The van der Waals surface area contributed by atoms with Crippen LogP contribution in [0.5, 0.6) is 0 Å². The first-order chi connectivity index (χ1) is 19.7. The second-order valence-corrected chi connectivity index (χ2v) is 11.4. The summed E-state index contributed by atoms with van der Waals surface area (Å²) in [6.07, 6.45) is 4.79. The van der Waals surface area contributed by atoms with Crippen molar-refractivity contribution in [2.24, 2.45) is 0 Å². The quantitative estimate of drug-likeness (QED) is 0.296. The number of aryl methyl sites for hydroxylation is 1. The normalized spacial score (nSPS) is 18.4. The number of amides is 1. The van der Waals surface area contributed by atoms with Crippen molar-refractivity contribution >= 4 is 34.4 Å². The maximum atomic E-state index is 14.9. The van der Waals surface area contributed by atoms with Gasteiger partial charge in [0.25, 0.3) is 0 Å². The van der Waals surface area contributed by atoms with Crippen molar-refractivity contribution in [3.63, 3.8) is 0 Å². The molecular weight excluding hydrogens is 543 g/mol. The molecule has 2 fully saturated rings. The topological polar surface area (TPSA) is 84.2 Å². The maximum absolute atomic E-state index is 14.9. The molecule has 6 rings (SSSR count). The molecule has 2 atom stereocenters. The van der Waals surface area contributed by atoms with Crippen LogP contribution >= 0.6 is 11.6 Å². The zero-order chi connectivity index (χ0) is 29.0. The minimum Gasteiger partial charge on any atom is -0.352 e. The molecule has 0 aliphatic carbocycles. The highest BCUT2D eigenvalue weighted by atomic mass is 35.5. The highest BCUT2D eigenvalue weighted by Crippen LogP contribution is 2.38. The highest BCUT2D eigenvalue weighted by molar-refractivity contribution is 6.33. The molecule has 0 saturated carbocycles. The minimum absolute atomic E-state index is 0.0102. The molecule has 8 nitrogen and oxygen atoms in total. The van der Waals surface area contributed by atoms with Crippen LogP contribution in [0.1, 0.15) is 43.9 Å². The zero-order valence-corrected chi connectivity index (χ0v) is 23.9. The van der Waals surface area contributed by atoms with Gasteiger partial charge in [-0.1, -0.05) is 44.2 Å². The van der Waals surface area contributed by atoms with Crippen molar-refractivity contribution in [3.8, 4) is 16.9 Å². The molecule has 0 spiro atoms. The first-order valence-corrected chi connectivity index (χ1v) is 14.1. The number of aromatic nitrogens is 4. The fraction of sp³-hybridized carbons (Fsp3) is 0.323. The van der Waals surface area contributed by atoms with Crippen LogP contribution in [0.25, 0.3) is 28.0 Å². The Hall–Kier alpha value is -4.11. The summed E-state index contributed by atoms with van der Waals surface area (Å²) in [5.74, 6) is -0.0933. The number of halogens is 2. The van der Waals surface area contributed by atoms with E-state index in [0.717, 1.165) is 24.1 Å². The molecule has 3 aromatic heterocycles. The van der Waals surface area contributed by atoms with Crippen LogP contribution < -0.4 is 10.6 Å². The summed E-state index contributed by atoms with van der Waals surface area (Å²) in [4.78, 5) is 44.5. The lowest BCUT2D eigenvalue weighted by Crippen LogP contribution is -2.56. The Morgan fingerprint density at radius 3 is 2.51 bits per heavy atom. The van der Waals surface area contributed by atoms with Gasteiger partial charge in [0.2, 0.25) is 5.91 Å². The molecule has 2 aliphatic heterocycles. The smallest absolute Gasteiger partial charge is 0.352 e. The van der Waals surface area contributed by atoms with Crippen LogP contribution in [0, 0.1) is 12.7 Å². The number of hydrogen-bond donors (Lipinski definition) is 0. The maximum Gasteiger partial charge on any atom is 0.355 e. The molecule has 1 amide bonds. The van der Waals surface area contributed by atoms with E-state index in [0.29, 0.717) is 35.6 Å². The Morgan fingerprint density at radius 2 is 1.85 bits per heavy atom. The molecule has 10 heteroatoms. The third-order valence-electron chi connectivity index (χ3n) is 8.07. The van der Waals surface area contributed by atoms with E-state index in [2.05, 4.69) is 16.5 Å². The number of nitrogens with zero attached hydrogens (tertiary/aromatic N) is 6. The predicted molar refractivity (Wildman–Crippen MR) is 158 cm³/mol. The molecule has 5 heterocycles. The Morgan fingerprint density at radius 1 is 1.15 bits per heavy atom. The van der Waals surface area contributed by atoms with E-state index in [1.54, 1.807) is 30.5 Å². The molecule has 0 radical (unpaired) electrons. The molecule has 2 saturated heterocycles. The summed E-state index contributed by atoms with van der Waals surface area (Å²) >= 11 is 6.79. The molecule has 41 heavy (non-hydrogen) atoms. The van der Waals surface area contributed by atoms with E-state index >= 15 is 0 Å². The van der Waals surface area contributed by atoms with Crippen molar-refractivity contribution in [1.29, 1.82) is 0 Å². The van der Waals surface area contributed by atoms with Gasteiger partial charge in [-0.3, -0.25) is 9.78 Å². The Bertz CT molecular complexity index is 1760. The van der Waals surface area contributed by atoms with Crippen molar-refractivity contribution in [3.05, 3.63) is 87.8 Å². The van der Waals surface area contributed by atoms with E-state index in [-0.39, 0.29) is 40.2 Å². The first-order valence-electron chi connectivity index (χ1n) is 13.7. The minimum atomic E-state index is -0.517. The van der Waals surface area contributed by atoms with E-state index < -0.39 is 11.5 Å². The Kier molecular flexibility index (Phi) is 6.85. The van der Waals surface area contributed by atoms with Gasteiger partial charge < -0.3 is 9.80 Å². The largest absolute Gasteiger partial charge is 0.355 e. The van der Waals surface area contributed by atoms with E-state index in [4.69, 9.17) is 16.6 Å². The summed E-state index contributed by atoms with van der Waals surface area (Å²) in [7, 11) is 0. The van der Waals surface area contributed by atoms with Gasteiger partial charge >= 0.3 is 5.69 Å². The van der Waals surface area contributed by atoms with Crippen LogP contribution in [0.2, 0.25) is 5.02 Å². The van der Waals surface area contributed by atoms with Gasteiger partial charge in [-0.25, -0.2) is 18.7 Å². The van der Waals surface area contributed by atoms with Crippen LogP contribution in [0.3, 0.4) is 0 Å². The second kappa shape index (κ2) is 10.4. The third-order valence-corrected chi connectivity index (χ3v) is 8.35. The second-order valence-electron chi connectivity index (χ2n) is 11.0. The van der Waals surface area contributed by atoms with Crippen molar-refractivity contribution < 1.29 is 9.18 Å². The lowest BCUT2D eigenvalue weighted by Gasteiger charge is -2.41. The fourth-order valence-corrected chi connectivity index (χ4v) is 6.47. The lowest BCUT2D eigenvalue weighted by atomic mass is 10.0. The zero-order valence-electron chi connectivity index (χ0n) is 23.1. The van der Waals surface area contributed by atoms with Gasteiger partial charge in [0.1, 0.15) is 11.6 Å². The van der Waals surface area contributed by atoms with E-state index in [9.17, 15) is 14.0 Å². The highest BCUT2D eigenvalue weighted by Gasteiger charge is 2.42. The number of piperazine rings is 1. The summed E-state index contributed by atoms with van der Waals surface area (Å²) in [6, 6.07) is 9.80. The lowest BCUT2D eigenvalue weighted by molar-refractivity contribution is -0.129. The Balaban J connectivity index is 1.62. The average Bonchev–Trinajstić information content (AvgIpc) is 3.21. The number of carbonyl (C=O) groups is 1. The average molecular weight is 573 g/mol. The molecule has 4 aromatic rings. The SMILES string of the molecule is C=CC(=O)N1C2CCC1CN(c1nc(=O)n(-c3c(C)ccnc3C(C)C)c3nc(-c4ccccc4F)c(Cl)cc13)C2. The molecule has 210 valence electrons. The van der Waals surface area contributed by atoms with Crippen LogP contribution in [0.4, 0.5) is 10.2 Å². The number of anilines is 1. The number of rotatable bonds is 5. The molecule has 2 bridgehead atoms. The number of fused-ring (bicyclic) bond motifs is 3.